The average Bonchev–Trinajstić information content (AvgIpc) is 2.99. The number of aromatic nitrogens is 3. The zero-order chi connectivity index (χ0) is 19.1. The second-order valence-corrected chi connectivity index (χ2v) is 7.20. The number of hydrogen-bond donors (Lipinski definition) is 2. The van der Waals surface area contributed by atoms with E-state index in [1.807, 2.05) is 11.5 Å². The van der Waals surface area contributed by atoms with Crippen LogP contribution in [0.4, 0.5) is 0 Å². The Balaban J connectivity index is 1.87. The third-order valence-electron chi connectivity index (χ3n) is 3.53. The fourth-order valence-corrected chi connectivity index (χ4v) is 3.53. The molecule has 140 valence electrons. The molecular weight excluding hydrogens is 397 g/mol. The number of nitrogens with one attached hydrogen (secondary N) is 1. The highest BCUT2D eigenvalue weighted by molar-refractivity contribution is 7.99. The Kier molecular flexibility index (Phi) is 7.74. The molecule has 2 amide bonds. The van der Waals surface area contributed by atoms with E-state index in [4.69, 9.17) is 28.9 Å². The zero-order valence-electron chi connectivity index (χ0n) is 14.2. The van der Waals surface area contributed by atoms with Crippen LogP contribution in [0.2, 0.25) is 10.0 Å². The van der Waals surface area contributed by atoms with Gasteiger partial charge in [-0.25, -0.2) is 0 Å². The number of carbonyl (C=O) groups is 2. The van der Waals surface area contributed by atoms with Gasteiger partial charge in [-0.2, -0.15) is 0 Å². The Morgan fingerprint density at radius 1 is 1.31 bits per heavy atom. The monoisotopic (exact) mass is 415 g/mol. The molecule has 0 unspecified atom stereocenters. The molecule has 7 nitrogen and oxygen atoms in total. The molecule has 1 heterocycles. The quantitative estimate of drug-likeness (QED) is 0.612. The number of nitrogens with zero attached hydrogens (tertiary/aromatic N) is 3. The Bertz CT molecular complexity index is 797. The molecule has 0 radical (unpaired) electrons. The van der Waals surface area contributed by atoms with Gasteiger partial charge in [-0.05, 0) is 24.6 Å². The van der Waals surface area contributed by atoms with Crippen LogP contribution in [0.15, 0.2) is 23.4 Å². The van der Waals surface area contributed by atoms with Gasteiger partial charge < -0.3 is 15.6 Å². The summed E-state index contributed by atoms with van der Waals surface area (Å²) in [6.07, 6.45) is 0.642. The maximum absolute atomic E-state index is 12.1. The summed E-state index contributed by atoms with van der Waals surface area (Å²) in [6, 6.07) is 5.13. The molecular formula is C16H19Cl2N5O2S. The first-order valence-corrected chi connectivity index (χ1v) is 9.68. The smallest absolute Gasteiger partial charge is 0.230 e. The molecule has 3 N–H and O–H groups in total. The maximum Gasteiger partial charge on any atom is 0.230 e. The number of halogens is 2. The number of thioether (sulfide) groups is 1. The number of rotatable bonds is 9. The van der Waals surface area contributed by atoms with Crippen LogP contribution in [0.1, 0.15) is 24.7 Å². The van der Waals surface area contributed by atoms with E-state index in [1.54, 1.807) is 18.2 Å². The van der Waals surface area contributed by atoms with E-state index in [0.29, 0.717) is 40.5 Å². The van der Waals surface area contributed by atoms with Crippen LogP contribution < -0.4 is 11.1 Å². The van der Waals surface area contributed by atoms with Crippen molar-refractivity contribution in [3.05, 3.63) is 39.6 Å². The molecule has 2 rings (SSSR count). The summed E-state index contributed by atoms with van der Waals surface area (Å²) < 4.78 is 1.87. The van der Waals surface area contributed by atoms with E-state index >= 15 is 0 Å². The predicted molar refractivity (Wildman–Crippen MR) is 102 cm³/mol. The van der Waals surface area contributed by atoms with Crippen molar-refractivity contribution in [2.75, 3.05) is 5.75 Å². The second-order valence-electron chi connectivity index (χ2n) is 5.41. The van der Waals surface area contributed by atoms with Gasteiger partial charge in [-0.15, -0.1) is 10.2 Å². The van der Waals surface area contributed by atoms with E-state index in [9.17, 15) is 9.59 Å². The minimum atomic E-state index is -0.384. The highest BCUT2D eigenvalue weighted by Gasteiger charge is 2.14. The highest BCUT2D eigenvalue weighted by atomic mass is 35.5. The molecule has 0 bridgehead atoms. The van der Waals surface area contributed by atoms with Crippen molar-refractivity contribution >= 4 is 46.8 Å². The van der Waals surface area contributed by atoms with Gasteiger partial charge in [0, 0.05) is 36.0 Å². The van der Waals surface area contributed by atoms with Gasteiger partial charge in [0.25, 0.3) is 0 Å². The summed E-state index contributed by atoms with van der Waals surface area (Å²) >= 11 is 13.2. The first-order valence-electron chi connectivity index (χ1n) is 7.94. The summed E-state index contributed by atoms with van der Waals surface area (Å²) in [7, 11) is 0. The lowest BCUT2D eigenvalue weighted by molar-refractivity contribution is -0.119. The zero-order valence-corrected chi connectivity index (χ0v) is 16.5. The molecule has 0 saturated heterocycles. The van der Waals surface area contributed by atoms with Gasteiger partial charge in [0.15, 0.2) is 5.16 Å². The van der Waals surface area contributed by atoms with Crippen LogP contribution in [0.3, 0.4) is 0 Å². The van der Waals surface area contributed by atoms with Crippen molar-refractivity contribution in [3.63, 3.8) is 0 Å². The van der Waals surface area contributed by atoms with Gasteiger partial charge in [0.05, 0.1) is 5.75 Å². The van der Waals surface area contributed by atoms with Crippen LogP contribution in [-0.4, -0.2) is 32.3 Å². The van der Waals surface area contributed by atoms with Gasteiger partial charge >= 0.3 is 0 Å². The lowest BCUT2D eigenvalue weighted by Gasteiger charge is -2.08. The standard InChI is InChI=1S/C16H19Cl2N5O2S/c1-2-23-14(6-5-13(19)24)21-22-16(23)26-9-15(25)20-8-10-3-4-11(17)7-12(10)18/h3-4,7H,2,5-6,8-9H2,1H3,(H2,19,24)(H,20,25). The summed E-state index contributed by atoms with van der Waals surface area (Å²) in [5.41, 5.74) is 5.96. The second kappa shape index (κ2) is 9.80. The third kappa shape index (κ3) is 5.89. The van der Waals surface area contributed by atoms with Crippen molar-refractivity contribution < 1.29 is 9.59 Å². The SMILES string of the molecule is CCn1c(CCC(N)=O)nnc1SCC(=O)NCc1ccc(Cl)cc1Cl. The summed E-state index contributed by atoms with van der Waals surface area (Å²) in [4.78, 5) is 23.0. The average molecular weight is 416 g/mol. The molecule has 10 heteroatoms. The fraction of sp³-hybridized carbons (Fsp3) is 0.375. The molecule has 0 fully saturated rings. The number of primary amides is 1. The Labute approximate surface area is 165 Å². The molecule has 1 aromatic carbocycles. The summed E-state index contributed by atoms with van der Waals surface area (Å²) in [6.45, 7) is 2.91. The van der Waals surface area contributed by atoms with Crippen molar-refractivity contribution in [1.82, 2.24) is 20.1 Å². The lowest BCUT2D eigenvalue weighted by atomic mass is 10.2. The Hall–Kier alpha value is -1.77. The lowest BCUT2D eigenvalue weighted by Crippen LogP contribution is -2.25. The van der Waals surface area contributed by atoms with E-state index in [0.717, 1.165) is 5.56 Å². The Morgan fingerprint density at radius 3 is 2.73 bits per heavy atom. The first kappa shape index (κ1) is 20.5. The van der Waals surface area contributed by atoms with Crippen LogP contribution in [0, 0.1) is 0 Å². The molecule has 0 aliphatic rings. The number of carbonyl (C=O) groups excluding carboxylic acids is 2. The normalized spacial score (nSPS) is 10.7. The number of nitrogens with two attached hydrogens (primary N) is 1. The van der Waals surface area contributed by atoms with Crippen molar-refractivity contribution in [2.24, 2.45) is 5.73 Å². The molecule has 0 spiro atoms. The van der Waals surface area contributed by atoms with Crippen molar-refractivity contribution in [3.8, 4) is 0 Å². The van der Waals surface area contributed by atoms with Crippen LogP contribution in [0.25, 0.3) is 0 Å². The summed E-state index contributed by atoms with van der Waals surface area (Å²) in [5, 5.41) is 12.7. The van der Waals surface area contributed by atoms with Gasteiger partial charge in [0.1, 0.15) is 5.82 Å². The van der Waals surface area contributed by atoms with E-state index < -0.39 is 0 Å². The van der Waals surface area contributed by atoms with Crippen LogP contribution in [-0.2, 0) is 29.1 Å². The summed E-state index contributed by atoms with van der Waals surface area (Å²) in [5.74, 6) is 0.344. The van der Waals surface area contributed by atoms with E-state index in [-0.39, 0.29) is 24.0 Å². The Morgan fingerprint density at radius 2 is 2.08 bits per heavy atom. The van der Waals surface area contributed by atoms with E-state index in [1.165, 1.54) is 11.8 Å². The molecule has 26 heavy (non-hydrogen) atoms. The van der Waals surface area contributed by atoms with Crippen LogP contribution >= 0.6 is 35.0 Å². The maximum atomic E-state index is 12.1. The third-order valence-corrected chi connectivity index (χ3v) is 5.08. The number of hydrogen-bond acceptors (Lipinski definition) is 5. The molecule has 0 atom stereocenters. The van der Waals surface area contributed by atoms with Gasteiger partial charge in [0.2, 0.25) is 11.8 Å². The molecule has 0 aliphatic heterocycles. The highest BCUT2D eigenvalue weighted by Crippen LogP contribution is 2.21. The topological polar surface area (TPSA) is 103 Å². The van der Waals surface area contributed by atoms with Gasteiger partial charge in [-0.1, -0.05) is 41.0 Å². The minimum Gasteiger partial charge on any atom is -0.370 e. The molecule has 1 aromatic heterocycles. The molecule has 2 aromatic rings. The van der Waals surface area contributed by atoms with Crippen molar-refractivity contribution in [2.45, 2.75) is 38.0 Å². The number of aryl methyl sites for hydroxylation is 1. The molecule has 0 saturated carbocycles. The van der Waals surface area contributed by atoms with E-state index in [2.05, 4.69) is 15.5 Å². The van der Waals surface area contributed by atoms with Crippen molar-refractivity contribution in [1.29, 1.82) is 0 Å². The van der Waals surface area contributed by atoms with Gasteiger partial charge in [-0.3, -0.25) is 9.59 Å². The molecule has 0 aliphatic carbocycles. The van der Waals surface area contributed by atoms with Crippen LogP contribution in [0.5, 0.6) is 0 Å². The number of benzene rings is 1. The predicted octanol–water partition coefficient (Wildman–Crippen LogP) is 2.43. The number of amides is 2. The first-order chi connectivity index (χ1) is 12.4. The fourth-order valence-electron chi connectivity index (χ4n) is 2.20. The minimum absolute atomic E-state index is 0.148. The largest absolute Gasteiger partial charge is 0.370 e.